The molecule has 1 amide bonds. The molecule has 0 saturated carbocycles. The molecule has 11 heteroatoms. The van der Waals surface area contributed by atoms with Crippen molar-refractivity contribution < 1.29 is 36.7 Å². The summed E-state index contributed by atoms with van der Waals surface area (Å²) >= 11 is 0. The van der Waals surface area contributed by atoms with E-state index >= 15 is 0 Å². The van der Waals surface area contributed by atoms with Crippen LogP contribution in [0.15, 0.2) is 47.0 Å². The number of rotatable bonds is 8. The van der Waals surface area contributed by atoms with Gasteiger partial charge in [-0.2, -0.15) is 4.98 Å². The number of aliphatic hydroxyl groups is 1. The van der Waals surface area contributed by atoms with Crippen molar-refractivity contribution in [3.8, 4) is 17.1 Å². The molecule has 3 rings (SSSR count). The molecule has 0 aliphatic heterocycles. The number of carbonyl (C=O) groups is 1. The van der Waals surface area contributed by atoms with E-state index < -0.39 is 29.9 Å². The maximum Gasteiger partial charge on any atom is 0.573 e. The molecule has 1 unspecified atom stereocenters. The van der Waals surface area contributed by atoms with Gasteiger partial charge in [0.25, 0.3) is 0 Å². The number of ether oxygens (including phenoxy) is 1. The Hall–Kier alpha value is -3.47. The molecule has 0 spiro atoms. The minimum absolute atomic E-state index is 0.00499. The molecule has 2 aromatic carbocycles. The minimum Gasteiger partial charge on any atom is -0.406 e. The number of hydrogen-bond donors (Lipinski definition) is 2. The standard InChI is InChI=1S/C21H19F4N3O4/c1-12-2-3-14(10-16(12)22)20-27-19(32-28-20)9-8-18(30)26-11-17(29)13-4-6-15(7-5-13)31-21(23,24)25/h2-7,10,17,29H,8-9,11H2,1H3,(H,26,30). The summed E-state index contributed by atoms with van der Waals surface area (Å²) in [6.45, 7) is 1.49. The summed E-state index contributed by atoms with van der Waals surface area (Å²) in [5.41, 5.74) is 1.25. The number of amides is 1. The highest BCUT2D eigenvalue weighted by Crippen LogP contribution is 2.24. The van der Waals surface area contributed by atoms with Crippen molar-refractivity contribution in [2.75, 3.05) is 6.54 Å². The second-order valence-electron chi connectivity index (χ2n) is 6.91. The highest BCUT2D eigenvalue weighted by Gasteiger charge is 2.31. The van der Waals surface area contributed by atoms with Gasteiger partial charge in [-0.25, -0.2) is 4.39 Å². The van der Waals surface area contributed by atoms with E-state index in [1.54, 1.807) is 19.1 Å². The molecule has 0 aliphatic carbocycles. The first kappa shape index (κ1) is 23.2. The normalized spacial score (nSPS) is 12.4. The number of hydrogen-bond acceptors (Lipinski definition) is 6. The monoisotopic (exact) mass is 453 g/mol. The molecule has 3 aromatic rings. The van der Waals surface area contributed by atoms with Gasteiger partial charge in [-0.3, -0.25) is 4.79 Å². The highest BCUT2D eigenvalue weighted by atomic mass is 19.4. The Labute approximate surface area is 180 Å². The molecule has 32 heavy (non-hydrogen) atoms. The zero-order valence-corrected chi connectivity index (χ0v) is 16.8. The minimum atomic E-state index is -4.80. The number of nitrogens with one attached hydrogen (secondary N) is 1. The third-order valence-corrected chi connectivity index (χ3v) is 4.46. The van der Waals surface area contributed by atoms with Crippen LogP contribution in [0, 0.1) is 12.7 Å². The third-order valence-electron chi connectivity index (χ3n) is 4.46. The van der Waals surface area contributed by atoms with Gasteiger partial charge in [-0.1, -0.05) is 29.4 Å². The first-order chi connectivity index (χ1) is 15.1. The quantitative estimate of drug-likeness (QED) is 0.503. The number of aromatic nitrogens is 2. The number of nitrogens with zero attached hydrogens (tertiary/aromatic N) is 2. The average Bonchev–Trinajstić information content (AvgIpc) is 3.21. The van der Waals surface area contributed by atoms with Gasteiger partial charge in [0, 0.05) is 24.9 Å². The molecule has 1 atom stereocenters. The largest absolute Gasteiger partial charge is 0.573 e. The van der Waals surface area contributed by atoms with E-state index in [0.717, 1.165) is 12.1 Å². The van der Waals surface area contributed by atoms with Crippen LogP contribution < -0.4 is 10.1 Å². The van der Waals surface area contributed by atoms with E-state index in [9.17, 15) is 27.5 Å². The molecule has 0 saturated heterocycles. The van der Waals surface area contributed by atoms with Crippen molar-refractivity contribution in [2.24, 2.45) is 0 Å². The van der Waals surface area contributed by atoms with Crippen LogP contribution in [-0.4, -0.2) is 34.1 Å². The van der Waals surface area contributed by atoms with Gasteiger partial charge in [0.1, 0.15) is 11.6 Å². The van der Waals surface area contributed by atoms with Gasteiger partial charge >= 0.3 is 6.36 Å². The summed E-state index contributed by atoms with van der Waals surface area (Å²) < 4.78 is 59.0. The number of alkyl halides is 3. The van der Waals surface area contributed by atoms with Crippen molar-refractivity contribution >= 4 is 5.91 Å². The van der Waals surface area contributed by atoms with E-state index in [1.165, 1.54) is 18.2 Å². The summed E-state index contributed by atoms with van der Waals surface area (Å²) in [6, 6.07) is 9.22. The van der Waals surface area contributed by atoms with Gasteiger partial charge in [0.2, 0.25) is 17.6 Å². The summed E-state index contributed by atoms with van der Waals surface area (Å²) in [5.74, 6) is -0.814. The lowest BCUT2D eigenvalue weighted by Crippen LogP contribution is -2.28. The molecule has 7 nitrogen and oxygen atoms in total. The summed E-state index contributed by atoms with van der Waals surface area (Å²) in [4.78, 5) is 16.1. The van der Waals surface area contributed by atoms with Gasteiger partial charge in [0.05, 0.1) is 6.10 Å². The van der Waals surface area contributed by atoms with Crippen LogP contribution in [0.4, 0.5) is 17.6 Å². The van der Waals surface area contributed by atoms with Crippen LogP contribution in [0.3, 0.4) is 0 Å². The summed E-state index contributed by atoms with van der Waals surface area (Å²) in [6.07, 6.45) is -5.80. The third kappa shape index (κ3) is 6.51. The maximum atomic E-state index is 13.7. The van der Waals surface area contributed by atoms with Crippen molar-refractivity contribution in [2.45, 2.75) is 32.2 Å². The zero-order chi connectivity index (χ0) is 23.3. The fraction of sp³-hybridized carbons (Fsp3) is 0.286. The van der Waals surface area contributed by atoms with E-state index in [1.807, 2.05) is 0 Å². The van der Waals surface area contributed by atoms with Gasteiger partial charge in [-0.05, 0) is 36.2 Å². The first-order valence-electron chi connectivity index (χ1n) is 9.50. The molecular weight excluding hydrogens is 434 g/mol. The van der Waals surface area contributed by atoms with Crippen molar-refractivity contribution in [3.05, 3.63) is 65.3 Å². The Kier molecular flexibility index (Phi) is 7.08. The molecule has 1 aromatic heterocycles. The van der Waals surface area contributed by atoms with Crippen molar-refractivity contribution in [1.29, 1.82) is 0 Å². The molecule has 170 valence electrons. The van der Waals surface area contributed by atoms with Crippen molar-refractivity contribution in [1.82, 2.24) is 15.5 Å². The van der Waals surface area contributed by atoms with Crippen molar-refractivity contribution in [3.63, 3.8) is 0 Å². The Morgan fingerprint density at radius 1 is 1.22 bits per heavy atom. The van der Waals surface area contributed by atoms with Gasteiger partial charge in [0.15, 0.2) is 0 Å². The molecular formula is C21H19F4N3O4. The Balaban J connectivity index is 1.46. The molecule has 0 aliphatic rings. The van der Waals surface area contributed by atoms with Crippen LogP contribution in [0.5, 0.6) is 5.75 Å². The fourth-order valence-electron chi connectivity index (χ4n) is 2.73. The Morgan fingerprint density at radius 2 is 1.94 bits per heavy atom. The maximum absolute atomic E-state index is 13.7. The first-order valence-corrected chi connectivity index (χ1v) is 9.50. The van der Waals surface area contributed by atoms with Crippen LogP contribution in [-0.2, 0) is 11.2 Å². The van der Waals surface area contributed by atoms with Crippen LogP contribution >= 0.6 is 0 Å². The van der Waals surface area contributed by atoms with Crippen LogP contribution in [0.1, 0.15) is 29.5 Å². The predicted molar refractivity (Wildman–Crippen MR) is 104 cm³/mol. The van der Waals surface area contributed by atoms with Crippen LogP contribution in [0.2, 0.25) is 0 Å². The van der Waals surface area contributed by atoms with E-state index in [-0.39, 0.29) is 31.1 Å². The van der Waals surface area contributed by atoms with E-state index in [0.29, 0.717) is 16.7 Å². The summed E-state index contributed by atoms with van der Waals surface area (Å²) in [5, 5.41) is 16.4. The summed E-state index contributed by atoms with van der Waals surface area (Å²) in [7, 11) is 0. The zero-order valence-electron chi connectivity index (χ0n) is 16.8. The average molecular weight is 453 g/mol. The smallest absolute Gasteiger partial charge is 0.406 e. The van der Waals surface area contributed by atoms with Crippen LogP contribution in [0.25, 0.3) is 11.4 Å². The lowest BCUT2D eigenvalue weighted by Gasteiger charge is -2.13. The number of halogens is 4. The Bertz CT molecular complexity index is 1070. The number of aryl methyl sites for hydroxylation is 2. The fourth-order valence-corrected chi connectivity index (χ4v) is 2.73. The SMILES string of the molecule is Cc1ccc(-c2noc(CCC(=O)NCC(O)c3ccc(OC(F)(F)F)cc3)n2)cc1F. The Morgan fingerprint density at radius 3 is 2.59 bits per heavy atom. The second kappa shape index (κ2) is 9.77. The number of carbonyl (C=O) groups excluding carboxylic acids is 1. The second-order valence-corrected chi connectivity index (χ2v) is 6.91. The lowest BCUT2D eigenvalue weighted by molar-refractivity contribution is -0.274. The highest BCUT2D eigenvalue weighted by molar-refractivity contribution is 5.76. The lowest BCUT2D eigenvalue weighted by atomic mass is 10.1. The molecule has 0 fully saturated rings. The predicted octanol–water partition coefficient (Wildman–Crippen LogP) is 3.87. The molecule has 1 heterocycles. The molecule has 0 bridgehead atoms. The van der Waals surface area contributed by atoms with Gasteiger partial charge in [-0.15, -0.1) is 13.2 Å². The van der Waals surface area contributed by atoms with Gasteiger partial charge < -0.3 is 19.7 Å². The number of benzene rings is 2. The molecule has 2 N–H and O–H groups in total. The molecule has 0 radical (unpaired) electrons. The number of aliphatic hydroxyl groups excluding tert-OH is 1. The van der Waals surface area contributed by atoms with E-state index in [2.05, 4.69) is 20.2 Å². The van der Waals surface area contributed by atoms with E-state index in [4.69, 9.17) is 4.52 Å². The topological polar surface area (TPSA) is 97.5 Å².